The Morgan fingerprint density at radius 3 is 2.29 bits per heavy atom. The van der Waals surface area contributed by atoms with Crippen LogP contribution in [0.15, 0.2) is 77.5 Å². The fraction of sp³-hybridized carbons (Fsp3) is 0.323. The molecule has 0 saturated carbocycles. The molecule has 2 aromatic carbocycles. The molecule has 2 aromatic heterocycles. The summed E-state index contributed by atoms with van der Waals surface area (Å²) in [7, 11) is 0. The van der Waals surface area contributed by atoms with E-state index in [2.05, 4.69) is 28.9 Å². The second-order valence-corrected chi connectivity index (χ2v) is 9.87. The average Bonchev–Trinajstić information content (AvgIpc) is 3.26. The van der Waals surface area contributed by atoms with Crippen LogP contribution < -0.4 is 4.74 Å². The zero-order valence-corrected chi connectivity index (χ0v) is 22.7. The van der Waals surface area contributed by atoms with Crippen molar-refractivity contribution >= 4 is 5.97 Å². The number of ether oxygens (including phenoxy) is 2. The van der Waals surface area contributed by atoms with Crippen LogP contribution in [-0.2, 0) is 29.2 Å². The van der Waals surface area contributed by atoms with Crippen LogP contribution >= 0.6 is 0 Å². The number of hydrogen-bond donors (Lipinski definition) is 0. The van der Waals surface area contributed by atoms with Gasteiger partial charge in [-0.25, -0.2) is 9.78 Å². The van der Waals surface area contributed by atoms with E-state index >= 15 is 0 Å². The third-order valence-electron chi connectivity index (χ3n) is 6.16. The van der Waals surface area contributed by atoms with E-state index in [0.29, 0.717) is 31.3 Å². The molecule has 4 rings (SSSR count). The van der Waals surface area contributed by atoms with Gasteiger partial charge in [0.25, 0.3) is 0 Å². The Bertz CT molecular complexity index is 1350. The Labute approximate surface area is 224 Å². The van der Waals surface area contributed by atoms with Gasteiger partial charge in [0.05, 0.1) is 12.3 Å². The second-order valence-electron chi connectivity index (χ2n) is 9.87. The van der Waals surface area contributed by atoms with Crippen LogP contribution in [0.4, 0.5) is 0 Å². The summed E-state index contributed by atoms with van der Waals surface area (Å²) in [5.41, 5.74) is 4.26. The zero-order chi connectivity index (χ0) is 27.1. The maximum absolute atomic E-state index is 12.2. The van der Waals surface area contributed by atoms with Gasteiger partial charge in [0, 0.05) is 37.6 Å². The van der Waals surface area contributed by atoms with Gasteiger partial charge in [-0.1, -0.05) is 29.8 Å². The SMILES string of the molecule is CCOC(=O)C(C)(C)Oc1ccc(CN(Cc2ccncc2)Cc2nc(-c3cccc(C)c3)oc2C)cc1. The Morgan fingerprint density at radius 1 is 0.947 bits per heavy atom. The third kappa shape index (κ3) is 7.07. The number of aryl methyl sites for hydroxylation is 2. The van der Waals surface area contributed by atoms with E-state index in [-0.39, 0.29) is 5.97 Å². The highest BCUT2D eigenvalue weighted by molar-refractivity contribution is 5.79. The van der Waals surface area contributed by atoms with Gasteiger partial charge < -0.3 is 13.9 Å². The van der Waals surface area contributed by atoms with Crippen molar-refractivity contribution in [2.75, 3.05) is 6.61 Å². The van der Waals surface area contributed by atoms with E-state index in [1.54, 1.807) is 20.8 Å². The van der Waals surface area contributed by atoms with Crippen LogP contribution in [0, 0.1) is 13.8 Å². The molecule has 7 nitrogen and oxygen atoms in total. The maximum atomic E-state index is 12.2. The number of carbonyl (C=O) groups excluding carboxylic acids is 1. The number of benzene rings is 2. The van der Waals surface area contributed by atoms with Crippen molar-refractivity contribution in [3.05, 3.63) is 101 Å². The van der Waals surface area contributed by atoms with Gasteiger partial charge in [-0.15, -0.1) is 0 Å². The van der Waals surface area contributed by atoms with Crippen LogP contribution in [0.2, 0.25) is 0 Å². The summed E-state index contributed by atoms with van der Waals surface area (Å²) in [6.07, 6.45) is 3.62. The molecule has 0 aliphatic carbocycles. The molecule has 0 fully saturated rings. The lowest BCUT2D eigenvalue weighted by Crippen LogP contribution is -2.39. The maximum Gasteiger partial charge on any atom is 0.349 e. The second kappa shape index (κ2) is 12.0. The number of rotatable bonds is 11. The van der Waals surface area contributed by atoms with Gasteiger partial charge in [-0.3, -0.25) is 9.88 Å². The van der Waals surface area contributed by atoms with Gasteiger partial charge in [0.15, 0.2) is 5.60 Å². The normalized spacial score (nSPS) is 11.5. The highest BCUT2D eigenvalue weighted by Gasteiger charge is 2.31. The lowest BCUT2D eigenvalue weighted by atomic mass is 10.1. The van der Waals surface area contributed by atoms with Crippen LogP contribution in [-0.4, -0.2) is 33.0 Å². The summed E-state index contributed by atoms with van der Waals surface area (Å²) in [6.45, 7) is 11.6. The monoisotopic (exact) mass is 513 g/mol. The fourth-order valence-electron chi connectivity index (χ4n) is 4.16. The minimum Gasteiger partial charge on any atom is -0.476 e. The Morgan fingerprint density at radius 2 is 1.63 bits per heavy atom. The number of esters is 1. The molecule has 0 spiro atoms. The predicted octanol–water partition coefficient (Wildman–Crippen LogP) is 6.28. The summed E-state index contributed by atoms with van der Waals surface area (Å²) in [5.74, 6) is 1.67. The molecule has 0 bridgehead atoms. The minimum atomic E-state index is -1.07. The molecule has 198 valence electrons. The molecule has 0 aliphatic heterocycles. The molecule has 4 aromatic rings. The first-order chi connectivity index (χ1) is 18.2. The number of pyridine rings is 1. The first-order valence-electron chi connectivity index (χ1n) is 12.8. The zero-order valence-electron chi connectivity index (χ0n) is 22.7. The molecule has 0 saturated heterocycles. The van der Waals surface area contributed by atoms with Crippen molar-refractivity contribution in [3.8, 4) is 17.2 Å². The quantitative estimate of drug-likeness (QED) is 0.219. The van der Waals surface area contributed by atoms with E-state index in [0.717, 1.165) is 40.3 Å². The smallest absolute Gasteiger partial charge is 0.349 e. The molecule has 7 heteroatoms. The lowest BCUT2D eigenvalue weighted by Gasteiger charge is -2.25. The van der Waals surface area contributed by atoms with Crippen LogP contribution in [0.5, 0.6) is 5.75 Å². The first-order valence-corrected chi connectivity index (χ1v) is 12.8. The number of nitrogens with zero attached hydrogens (tertiary/aromatic N) is 3. The first kappa shape index (κ1) is 27.1. The van der Waals surface area contributed by atoms with Gasteiger partial charge >= 0.3 is 5.97 Å². The Hall–Kier alpha value is -3.97. The molecular formula is C31H35N3O4. The fourth-order valence-corrected chi connectivity index (χ4v) is 4.16. The lowest BCUT2D eigenvalue weighted by molar-refractivity contribution is -0.158. The van der Waals surface area contributed by atoms with Crippen molar-refractivity contribution < 1.29 is 18.7 Å². The number of aromatic nitrogens is 2. The molecule has 0 radical (unpaired) electrons. The standard InChI is InChI=1S/C31H35N3O4/c1-6-36-30(35)31(4,5)38-27-12-10-24(11-13-27)19-34(20-25-14-16-32-17-15-25)21-28-23(3)37-29(33-28)26-9-7-8-22(2)18-26/h7-18H,6,19-21H2,1-5H3. The van der Waals surface area contributed by atoms with Crippen molar-refractivity contribution in [2.24, 2.45) is 0 Å². The van der Waals surface area contributed by atoms with E-state index in [9.17, 15) is 4.79 Å². The van der Waals surface area contributed by atoms with Crippen molar-refractivity contribution in [1.29, 1.82) is 0 Å². The summed E-state index contributed by atoms with van der Waals surface area (Å²) in [4.78, 5) is 23.5. The topological polar surface area (TPSA) is 77.7 Å². The summed E-state index contributed by atoms with van der Waals surface area (Å²) >= 11 is 0. The van der Waals surface area contributed by atoms with E-state index in [4.69, 9.17) is 18.9 Å². The Balaban J connectivity index is 1.51. The largest absolute Gasteiger partial charge is 0.476 e. The van der Waals surface area contributed by atoms with Gasteiger partial charge in [0.1, 0.15) is 11.5 Å². The molecule has 0 unspecified atom stereocenters. The van der Waals surface area contributed by atoms with Gasteiger partial charge in [-0.2, -0.15) is 0 Å². The highest BCUT2D eigenvalue weighted by atomic mass is 16.6. The minimum absolute atomic E-state index is 0.315. The highest BCUT2D eigenvalue weighted by Crippen LogP contribution is 2.25. The average molecular weight is 514 g/mol. The summed E-state index contributed by atoms with van der Waals surface area (Å²) < 4.78 is 17.1. The summed E-state index contributed by atoms with van der Waals surface area (Å²) in [6, 6.07) is 20.0. The van der Waals surface area contributed by atoms with Gasteiger partial charge in [0.2, 0.25) is 5.89 Å². The number of oxazole rings is 1. The molecule has 0 N–H and O–H groups in total. The van der Waals surface area contributed by atoms with E-state index in [1.165, 1.54) is 0 Å². The summed E-state index contributed by atoms with van der Waals surface area (Å²) in [5, 5.41) is 0. The number of carbonyl (C=O) groups is 1. The molecule has 38 heavy (non-hydrogen) atoms. The molecule has 0 amide bonds. The van der Waals surface area contributed by atoms with E-state index < -0.39 is 5.60 Å². The predicted molar refractivity (Wildman–Crippen MR) is 146 cm³/mol. The van der Waals surface area contributed by atoms with Crippen molar-refractivity contribution in [2.45, 2.75) is 59.9 Å². The molecule has 2 heterocycles. The number of hydrogen-bond acceptors (Lipinski definition) is 7. The van der Waals surface area contributed by atoms with Crippen LogP contribution in [0.3, 0.4) is 0 Å². The molecular weight excluding hydrogens is 478 g/mol. The van der Waals surface area contributed by atoms with Crippen LogP contribution in [0.25, 0.3) is 11.5 Å². The third-order valence-corrected chi connectivity index (χ3v) is 6.16. The van der Waals surface area contributed by atoms with Crippen molar-refractivity contribution in [1.82, 2.24) is 14.9 Å². The molecule has 0 atom stereocenters. The van der Waals surface area contributed by atoms with E-state index in [1.807, 2.05) is 67.8 Å². The van der Waals surface area contributed by atoms with Crippen molar-refractivity contribution in [3.63, 3.8) is 0 Å². The Kier molecular flexibility index (Phi) is 8.59. The molecule has 0 aliphatic rings. The van der Waals surface area contributed by atoms with Crippen LogP contribution in [0.1, 0.15) is 48.9 Å². The van der Waals surface area contributed by atoms with Gasteiger partial charge in [-0.05, 0) is 82.1 Å².